The number of esters is 1. The van der Waals surface area contributed by atoms with Crippen LogP contribution in [0, 0.1) is 0 Å². The fourth-order valence-electron chi connectivity index (χ4n) is 16.1. The Morgan fingerprint density at radius 2 is 0.613 bits per heavy atom. The number of fused-ring (bicyclic) bond motifs is 4. The molecule has 4 aliphatic heterocycles. The third-order valence-corrected chi connectivity index (χ3v) is 23.7. The summed E-state index contributed by atoms with van der Waals surface area (Å²) in [5.41, 5.74) is 13.1. The van der Waals surface area contributed by atoms with Gasteiger partial charge in [-0.05, 0) is 178 Å². The van der Waals surface area contributed by atoms with Crippen LogP contribution in [-0.4, -0.2) is 167 Å². The molecule has 2 unspecified atom stereocenters. The van der Waals surface area contributed by atoms with Crippen molar-refractivity contribution < 1.29 is 60.8 Å². The molecule has 8 aromatic heterocycles. The van der Waals surface area contributed by atoms with Crippen molar-refractivity contribution in [2.24, 2.45) is 5.73 Å². The molecule has 4 aromatic carbocycles. The molecular weight excluding hydrogens is 1600 g/mol. The van der Waals surface area contributed by atoms with Gasteiger partial charge in [-0.2, -0.15) is 0 Å². The van der Waals surface area contributed by atoms with Gasteiger partial charge in [-0.1, -0.05) is 146 Å². The smallest absolute Gasteiger partial charge is 0.396 e. The first-order chi connectivity index (χ1) is 59.7. The van der Waals surface area contributed by atoms with Gasteiger partial charge in [0.2, 0.25) is 47.2 Å². The average Bonchev–Trinajstić information content (AvgIpc) is 1.60. The van der Waals surface area contributed by atoms with Crippen molar-refractivity contribution in [2.75, 3.05) is 54.4 Å². The van der Waals surface area contributed by atoms with Crippen molar-refractivity contribution in [1.82, 2.24) is 76.7 Å². The average molecular weight is 1700 g/mol. The van der Waals surface area contributed by atoms with Gasteiger partial charge in [-0.25, -0.2) is 24.7 Å². The van der Waals surface area contributed by atoms with Gasteiger partial charge in [0.1, 0.15) is 41.4 Å². The van der Waals surface area contributed by atoms with Gasteiger partial charge in [0.25, 0.3) is 0 Å². The summed E-state index contributed by atoms with van der Waals surface area (Å²) in [4.78, 5) is 123. The standard InChI is InChI=1S/3C22H21N5O3.C14H14N2O3.C10H13N3O.ClH/c3*1-27-17-14(6-5-13-23-17)9-10-16(20(27)29)24-18(28)19-25-26-21(30-19)22(11-12-22)15-7-3-2-4-8-15;1-2-18-12(17)11-15-16-13(19-11)14(8-9-14)10-6-4-3-5-7-10;1-13-9-7(3-2-6-12-9)4-5-8(11)10(13)14;/h3*2-8,13,16H,9-12H2,1H3,(H,24,28);3-7H,2,8-9H2,1H3;2-3,6,8H,4-5,11H2,1H3;1H/t2*16-;;;;/m10..../s1. The van der Waals surface area contributed by atoms with Crippen LogP contribution in [0.4, 0.5) is 23.3 Å². The molecule has 33 nitrogen and oxygen atoms in total. The van der Waals surface area contributed by atoms with E-state index in [4.69, 9.17) is 28.1 Å². The highest BCUT2D eigenvalue weighted by Gasteiger charge is 2.54. The van der Waals surface area contributed by atoms with Gasteiger partial charge >= 0.3 is 47.3 Å². The molecule has 12 aromatic rings. The lowest BCUT2D eigenvalue weighted by Gasteiger charge is -2.20. The molecule has 4 fully saturated rings. The Kier molecular flexibility index (Phi) is 25.0. The summed E-state index contributed by atoms with van der Waals surface area (Å²) in [7, 11) is 6.72. The number of benzene rings is 4. The molecule has 0 spiro atoms. The van der Waals surface area contributed by atoms with Gasteiger partial charge in [0.15, 0.2) is 0 Å². The Morgan fingerprint density at radius 3 is 0.879 bits per heavy atom. The zero-order valence-electron chi connectivity index (χ0n) is 68.8. The summed E-state index contributed by atoms with van der Waals surface area (Å²) in [5.74, 6) is 1.12. The number of carbonyl (C=O) groups is 8. The molecule has 34 heteroatoms. The lowest BCUT2D eigenvalue weighted by atomic mass is 9.96. The minimum absolute atomic E-state index is 0. The van der Waals surface area contributed by atoms with Gasteiger partial charge in [-0.3, -0.25) is 53.2 Å². The SMILES string of the molecule is CCOC(=O)c1nnc(C2(c3ccccc3)CC2)o1.CN1C(=O)C(N)CCc2cccnc21.CN1C(=O)C(NC(=O)c2nnc(C3(c4ccccc4)CC3)o2)CCc2cccnc21.CN1C(=O)[C@@H](NC(=O)c2nnc(C3(c4ccccc4)CC3)o2)CCc2cccnc21.CN1C(=O)[C@H](NC(=O)c2nnc(C3(c4ccccc4)CC3)o2)CCc2cccnc21.Cl. The Labute approximate surface area is 718 Å². The van der Waals surface area contributed by atoms with Gasteiger partial charge in [0.05, 0.1) is 34.3 Å². The maximum Gasteiger partial charge on any atom is 0.396 e. The number of aromatic nitrogens is 12. The van der Waals surface area contributed by atoms with Crippen LogP contribution in [0.25, 0.3) is 0 Å². The highest BCUT2D eigenvalue weighted by Crippen LogP contribution is 2.56. The fourth-order valence-corrected chi connectivity index (χ4v) is 16.1. The Bertz CT molecular complexity index is 5460. The predicted octanol–water partition coefficient (Wildman–Crippen LogP) is 9.82. The van der Waals surface area contributed by atoms with Crippen LogP contribution in [-0.2, 0) is 71.3 Å². The van der Waals surface area contributed by atoms with E-state index >= 15 is 0 Å². The fraction of sp³-hybridized carbons (Fsp3) is 0.333. The van der Waals surface area contributed by atoms with Crippen LogP contribution < -0.4 is 41.3 Å². The highest BCUT2D eigenvalue weighted by molar-refractivity contribution is 6.03. The van der Waals surface area contributed by atoms with E-state index in [0.717, 1.165) is 108 Å². The van der Waals surface area contributed by atoms with Crippen LogP contribution in [0.3, 0.4) is 0 Å². The zero-order chi connectivity index (χ0) is 85.6. The molecule has 4 aliphatic carbocycles. The molecule has 4 saturated carbocycles. The van der Waals surface area contributed by atoms with E-state index in [-0.39, 0.29) is 81.3 Å². The number of rotatable bonds is 16. The first-order valence-corrected chi connectivity index (χ1v) is 41.0. The molecular formula is C90H91ClN20O13. The number of nitrogens with one attached hydrogen (secondary N) is 3. The number of hydrogen-bond donors (Lipinski definition) is 4. The summed E-state index contributed by atoms with van der Waals surface area (Å²) in [6.07, 6.45) is 18.8. The summed E-state index contributed by atoms with van der Waals surface area (Å²) >= 11 is 0. The Morgan fingerprint density at radius 1 is 0.363 bits per heavy atom. The van der Waals surface area contributed by atoms with Crippen LogP contribution in [0.2, 0.25) is 0 Å². The number of likely N-dealkylation sites (N-methyl/N-ethyl adjacent to an activating group) is 4. The van der Waals surface area contributed by atoms with Crippen LogP contribution in [0.15, 0.2) is 212 Å². The minimum Gasteiger partial charge on any atom is -0.459 e. The maximum absolute atomic E-state index is 12.8. The summed E-state index contributed by atoms with van der Waals surface area (Å²) in [6, 6.07) is 52.7. The lowest BCUT2D eigenvalue weighted by molar-refractivity contribution is -0.120. The number of amides is 7. The molecule has 7 amide bonds. The topological polar surface area (TPSA) is 428 Å². The monoisotopic (exact) mass is 1690 g/mol. The van der Waals surface area contributed by atoms with E-state index in [1.165, 1.54) is 14.7 Å². The molecule has 0 bridgehead atoms. The summed E-state index contributed by atoms with van der Waals surface area (Å²) in [5, 5.41) is 40.4. The van der Waals surface area contributed by atoms with Crippen molar-refractivity contribution in [1.29, 1.82) is 0 Å². The zero-order valence-corrected chi connectivity index (χ0v) is 69.6. The highest BCUT2D eigenvalue weighted by atomic mass is 35.5. The van der Waals surface area contributed by atoms with E-state index in [0.29, 0.717) is 92.6 Å². The number of anilines is 4. The summed E-state index contributed by atoms with van der Waals surface area (Å²) in [6.45, 7) is 2.03. The van der Waals surface area contributed by atoms with E-state index in [2.05, 4.69) is 76.7 Å². The molecule has 5 N–H and O–H groups in total. The largest absolute Gasteiger partial charge is 0.459 e. The number of pyridine rings is 4. The number of aryl methyl sites for hydroxylation is 4. The molecule has 124 heavy (non-hydrogen) atoms. The third-order valence-electron chi connectivity index (χ3n) is 23.7. The summed E-state index contributed by atoms with van der Waals surface area (Å²) < 4.78 is 27.6. The van der Waals surface area contributed by atoms with E-state index in [1.54, 1.807) is 64.8 Å². The van der Waals surface area contributed by atoms with Gasteiger partial charge in [0, 0.05) is 53.0 Å². The number of nitrogens with zero attached hydrogens (tertiary/aromatic N) is 16. The van der Waals surface area contributed by atoms with E-state index in [1.807, 2.05) is 170 Å². The van der Waals surface area contributed by atoms with Crippen molar-refractivity contribution in [2.45, 2.75) is 155 Å². The Balaban J connectivity index is 0.000000123. The molecule has 12 heterocycles. The number of carbonyl (C=O) groups excluding carboxylic acids is 8. The molecule has 0 radical (unpaired) electrons. The lowest BCUT2D eigenvalue weighted by Crippen LogP contribution is -2.47. The van der Waals surface area contributed by atoms with E-state index < -0.39 is 47.9 Å². The van der Waals surface area contributed by atoms with Crippen molar-refractivity contribution in [3.8, 4) is 0 Å². The molecule has 4 atom stereocenters. The van der Waals surface area contributed by atoms with Gasteiger partial charge < -0.3 is 44.1 Å². The molecule has 8 aliphatic rings. The van der Waals surface area contributed by atoms with Crippen LogP contribution in [0.5, 0.6) is 0 Å². The van der Waals surface area contributed by atoms with Gasteiger partial charge in [-0.15, -0.1) is 53.2 Å². The second-order valence-corrected chi connectivity index (χ2v) is 31.5. The molecule has 20 rings (SSSR count). The van der Waals surface area contributed by atoms with E-state index in [9.17, 15) is 38.4 Å². The second-order valence-electron chi connectivity index (χ2n) is 31.5. The predicted molar refractivity (Wildman–Crippen MR) is 452 cm³/mol. The van der Waals surface area contributed by atoms with Crippen molar-refractivity contribution >= 4 is 83.0 Å². The van der Waals surface area contributed by atoms with Crippen molar-refractivity contribution in [3.05, 3.63) is 286 Å². The van der Waals surface area contributed by atoms with Crippen molar-refractivity contribution in [3.63, 3.8) is 0 Å². The Hall–Kier alpha value is -14.0. The number of ether oxygens (including phenoxy) is 1. The number of halogens is 1. The molecule has 0 saturated heterocycles. The maximum atomic E-state index is 12.8. The van der Waals surface area contributed by atoms with Crippen LogP contribution >= 0.6 is 12.4 Å². The number of hydrogen-bond acceptors (Lipinski definition) is 26. The van der Waals surface area contributed by atoms with Crippen LogP contribution in [0.1, 0.15) is 195 Å². The molecule has 636 valence electrons. The first kappa shape index (κ1) is 85.0. The second kappa shape index (κ2) is 36.4. The number of nitrogens with two attached hydrogens (primary N) is 1. The quantitative estimate of drug-likeness (QED) is 0.0653. The third kappa shape index (κ3) is 17.6. The normalized spacial score (nSPS) is 19.2. The minimum atomic E-state index is -0.684. The first-order valence-electron chi connectivity index (χ1n) is 41.0.